The van der Waals surface area contributed by atoms with Crippen LogP contribution in [0, 0.1) is 25.6 Å². The fraction of sp³-hybridized carbons (Fsp3) is 0.308. The Morgan fingerprint density at radius 1 is 0.724 bits per heavy atom. The van der Waals surface area contributed by atoms with Gasteiger partial charge in [-0.3, -0.25) is 0 Å². The van der Waals surface area contributed by atoms with E-state index in [9.17, 15) is 4.39 Å². The van der Waals surface area contributed by atoms with E-state index >= 15 is 0 Å². The first-order valence-corrected chi connectivity index (χ1v) is 9.87. The van der Waals surface area contributed by atoms with Gasteiger partial charge in [-0.1, -0.05) is 73.9 Å². The molecule has 1 fully saturated rings. The molecule has 0 radical (unpaired) electrons. The number of ether oxygens (including phenoxy) is 2. The molecule has 4 rings (SSSR count). The minimum Gasteiger partial charge on any atom is -0.497 e. The number of aryl methyl sites for hydroxylation is 2. The fourth-order valence-corrected chi connectivity index (χ4v) is 2.04. The van der Waals surface area contributed by atoms with Gasteiger partial charge in [0.25, 0.3) is 0 Å². The number of methoxy groups -OCH3 is 2. The van der Waals surface area contributed by atoms with E-state index in [0.717, 1.165) is 23.0 Å². The van der Waals surface area contributed by atoms with Gasteiger partial charge in [-0.2, -0.15) is 0 Å². The molecule has 29 heavy (non-hydrogen) atoms. The summed E-state index contributed by atoms with van der Waals surface area (Å²) >= 11 is 0. The Kier molecular flexibility index (Phi) is 11.9. The van der Waals surface area contributed by atoms with Crippen LogP contribution in [-0.2, 0) is 0 Å². The molecule has 0 N–H and O–H groups in total. The molecule has 0 spiro atoms. The van der Waals surface area contributed by atoms with E-state index in [1.54, 1.807) is 26.4 Å². The van der Waals surface area contributed by atoms with Crippen molar-refractivity contribution in [1.82, 2.24) is 0 Å². The molecule has 156 valence electrons. The van der Waals surface area contributed by atoms with Gasteiger partial charge >= 0.3 is 0 Å². The molecule has 0 unspecified atom stereocenters. The Morgan fingerprint density at radius 3 is 1.59 bits per heavy atom. The van der Waals surface area contributed by atoms with Gasteiger partial charge in [0.2, 0.25) is 0 Å². The lowest BCUT2D eigenvalue weighted by Crippen LogP contribution is -1.84. The van der Waals surface area contributed by atoms with E-state index in [2.05, 4.69) is 6.92 Å². The molecule has 0 amide bonds. The molecule has 3 aromatic carbocycles. The van der Waals surface area contributed by atoms with E-state index in [0.29, 0.717) is 0 Å². The van der Waals surface area contributed by atoms with Crippen LogP contribution in [0.4, 0.5) is 4.39 Å². The smallest absolute Gasteiger partial charge is 0.123 e. The molecule has 2 nitrogen and oxygen atoms in total. The van der Waals surface area contributed by atoms with Crippen molar-refractivity contribution in [3.63, 3.8) is 0 Å². The van der Waals surface area contributed by atoms with Crippen LogP contribution >= 0.6 is 0 Å². The van der Waals surface area contributed by atoms with Crippen LogP contribution in [0.1, 0.15) is 30.9 Å². The van der Waals surface area contributed by atoms with Crippen molar-refractivity contribution in [3.05, 3.63) is 95.8 Å². The summed E-state index contributed by atoms with van der Waals surface area (Å²) in [5.74, 6) is 2.78. The van der Waals surface area contributed by atoms with Crippen molar-refractivity contribution in [2.75, 3.05) is 14.2 Å². The molecule has 1 aliphatic carbocycles. The van der Waals surface area contributed by atoms with Crippen LogP contribution in [0.3, 0.4) is 0 Å². The van der Waals surface area contributed by atoms with Crippen LogP contribution in [-0.4, -0.2) is 14.2 Å². The number of hydrogen-bond acceptors (Lipinski definition) is 2. The monoisotopic (exact) mass is 396 g/mol. The van der Waals surface area contributed by atoms with Gasteiger partial charge in [-0.05, 0) is 55.7 Å². The largest absolute Gasteiger partial charge is 0.497 e. The summed E-state index contributed by atoms with van der Waals surface area (Å²) in [6.45, 7) is 6.23. The van der Waals surface area contributed by atoms with Gasteiger partial charge in [0.05, 0.1) is 14.2 Å². The van der Waals surface area contributed by atoms with E-state index < -0.39 is 0 Å². The third-order valence-electron chi connectivity index (χ3n) is 4.17. The molecule has 0 aromatic heterocycles. The molecule has 0 aliphatic heterocycles. The molecule has 1 aliphatic rings. The number of benzene rings is 3. The first-order valence-electron chi connectivity index (χ1n) is 9.87. The second kappa shape index (κ2) is 14.2. The third kappa shape index (κ3) is 12.3. The number of hydrogen-bond donors (Lipinski definition) is 0. The predicted molar refractivity (Wildman–Crippen MR) is 120 cm³/mol. The zero-order valence-corrected chi connectivity index (χ0v) is 18.2. The average Bonchev–Trinajstić information content (AvgIpc) is 3.54. The van der Waals surface area contributed by atoms with Gasteiger partial charge in [-0.15, -0.1) is 0 Å². The number of rotatable bonds is 2. The molecule has 3 aromatic rings. The molecule has 3 heteroatoms. The summed E-state index contributed by atoms with van der Waals surface area (Å²) in [5.41, 5.74) is 2.27. The van der Waals surface area contributed by atoms with E-state index in [-0.39, 0.29) is 5.82 Å². The molecular formula is C26H33FO2. The number of halogens is 1. The van der Waals surface area contributed by atoms with Gasteiger partial charge in [-0.25, -0.2) is 4.39 Å². The molecule has 0 bridgehead atoms. The van der Waals surface area contributed by atoms with Crippen molar-refractivity contribution in [2.24, 2.45) is 5.92 Å². The van der Waals surface area contributed by atoms with E-state index in [1.807, 2.05) is 68.4 Å². The summed E-state index contributed by atoms with van der Waals surface area (Å²) in [4.78, 5) is 0. The maximum Gasteiger partial charge on any atom is 0.123 e. The fourth-order valence-electron chi connectivity index (χ4n) is 2.04. The first kappa shape index (κ1) is 24.2. The SMILES string of the molecule is CC1CC1.COc1ccccc1.COc1ccccc1C.Cc1ccc(F)cc1. The second-order valence-corrected chi connectivity index (χ2v) is 6.96. The minimum absolute atomic E-state index is 0.171. The quantitative estimate of drug-likeness (QED) is 0.454. The highest BCUT2D eigenvalue weighted by Crippen LogP contribution is 2.26. The Labute approximate surface area is 175 Å². The number of para-hydroxylation sites is 2. The highest BCUT2D eigenvalue weighted by atomic mass is 19.1. The first-order chi connectivity index (χ1) is 14.0. The topological polar surface area (TPSA) is 18.5 Å². The van der Waals surface area contributed by atoms with Crippen molar-refractivity contribution < 1.29 is 13.9 Å². The highest BCUT2D eigenvalue weighted by Gasteiger charge is 2.12. The molecule has 0 atom stereocenters. The summed E-state index contributed by atoms with van der Waals surface area (Å²) in [6, 6.07) is 24.0. The van der Waals surface area contributed by atoms with Gasteiger partial charge in [0.15, 0.2) is 0 Å². The summed E-state index contributed by atoms with van der Waals surface area (Å²) in [5, 5.41) is 0. The summed E-state index contributed by atoms with van der Waals surface area (Å²) in [6.07, 6.45) is 2.97. The Morgan fingerprint density at radius 2 is 1.24 bits per heavy atom. The van der Waals surface area contributed by atoms with Crippen molar-refractivity contribution >= 4 is 0 Å². The van der Waals surface area contributed by atoms with Crippen molar-refractivity contribution in [1.29, 1.82) is 0 Å². The second-order valence-electron chi connectivity index (χ2n) is 6.96. The lowest BCUT2D eigenvalue weighted by atomic mass is 10.2. The lowest BCUT2D eigenvalue weighted by Gasteiger charge is -2.00. The zero-order chi connectivity index (χ0) is 21.5. The highest BCUT2D eigenvalue weighted by molar-refractivity contribution is 5.31. The third-order valence-corrected chi connectivity index (χ3v) is 4.17. The van der Waals surface area contributed by atoms with Gasteiger partial charge in [0.1, 0.15) is 17.3 Å². The maximum atomic E-state index is 12.1. The molecule has 0 saturated heterocycles. The standard InChI is InChI=1S/C8H10O.C7H7F.C7H8O.C4H8/c1-7-5-3-4-6-8(7)9-2;1-6-2-4-7(8)5-3-6;1-8-7-5-3-2-4-6-7;1-4-2-3-4/h3-6H,1-2H3;2-5H,1H3;2-6H,1H3;4H,2-3H2,1H3. The molecule has 0 heterocycles. The lowest BCUT2D eigenvalue weighted by molar-refractivity contribution is 0.411. The normalized spacial score (nSPS) is 11.4. The summed E-state index contributed by atoms with van der Waals surface area (Å²) < 4.78 is 22.0. The predicted octanol–water partition coefficient (Wildman–Crippen LogP) is 7.25. The average molecular weight is 397 g/mol. The minimum atomic E-state index is -0.171. The maximum absolute atomic E-state index is 12.1. The van der Waals surface area contributed by atoms with Crippen LogP contribution in [0.2, 0.25) is 0 Å². The van der Waals surface area contributed by atoms with E-state index in [4.69, 9.17) is 9.47 Å². The molecule has 1 saturated carbocycles. The van der Waals surface area contributed by atoms with Crippen LogP contribution in [0.15, 0.2) is 78.9 Å². The van der Waals surface area contributed by atoms with Gasteiger partial charge in [0, 0.05) is 0 Å². The Balaban J connectivity index is 0.000000199. The van der Waals surface area contributed by atoms with Crippen LogP contribution < -0.4 is 9.47 Å². The molecular weight excluding hydrogens is 363 g/mol. The van der Waals surface area contributed by atoms with Crippen LogP contribution in [0.25, 0.3) is 0 Å². The zero-order valence-electron chi connectivity index (χ0n) is 18.2. The van der Waals surface area contributed by atoms with Gasteiger partial charge < -0.3 is 9.47 Å². The Bertz CT molecular complexity index is 760. The Hall–Kier alpha value is -2.81. The van der Waals surface area contributed by atoms with Crippen LogP contribution in [0.5, 0.6) is 11.5 Å². The van der Waals surface area contributed by atoms with Crippen molar-refractivity contribution in [3.8, 4) is 11.5 Å². The van der Waals surface area contributed by atoms with E-state index in [1.165, 1.54) is 30.5 Å². The van der Waals surface area contributed by atoms with Crippen molar-refractivity contribution in [2.45, 2.75) is 33.6 Å². The summed E-state index contributed by atoms with van der Waals surface area (Å²) in [7, 11) is 3.34.